The Morgan fingerprint density at radius 1 is 1.32 bits per heavy atom. The molecular weight excluding hydrogens is 441 g/mol. The predicted octanol–water partition coefficient (Wildman–Crippen LogP) is 5.47. The van der Waals surface area contributed by atoms with E-state index in [9.17, 15) is 4.79 Å². The van der Waals surface area contributed by atoms with E-state index in [1.165, 1.54) is 6.33 Å². The minimum atomic E-state index is -0.963. The van der Waals surface area contributed by atoms with E-state index < -0.39 is 11.8 Å². The molecular formula is C22H29Cl2N3O4. The fourth-order valence-corrected chi connectivity index (χ4v) is 3.69. The Labute approximate surface area is 193 Å². The van der Waals surface area contributed by atoms with Gasteiger partial charge < -0.3 is 14.6 Å². The number of rotatable bonds is 9. The summed E-state index contributed by atoms with van der Waals surface area (Å²) in [6, 6.07) is 5.32. The zero-order chi connectivity index (χ0) is 22.7. The van der Waals surface area contributed by atoms with Crippen molar-refractivity contribution in [3.05, 3.63) is 58.6 Å². The van der Waals surface area contributed by atoms with Crippen molar-refractivity contribution in [2.24, 2.45) is 0 Å². The highest BCUT2D eigenvalue weighted by molar-refractivity contribution is 6.35. The fourth-order valence-electron chi connectivity index (χ4n) is 3.13. The van der Waals surface area contributed by atoms with E-state index in [0.29, 0.717) is 23.2 Å². The van der Waals surface area contributed by atoms with E-state index in [1.807, 2.05) is 12.1 Å². The number of allylic oxidation sites excluding steroid dienone is 1. The molecule has 0 amide bonds. The van der Waals surface area contributed by atoms with E-state index in [1.54, 1.807) is 29.2 Å². The molecule has 7 nitrogen and oxygen atoms in total. The van der Waals surface area contributed by atoms with Crippen molar-refractivity contribution in [2.45, 2.75) is 64.4 Å². The van der Waals surface area contributed by atoms with Crippen LogP contribution in [0.3, 0.4) is 0 Å². The highest BCUT2D eigenvalue weighted by atomic mass is 35.5. The van der Waals surface area contributed by atoms with Gasteiger partial charge in [0.2, 0.25) is 5.79 Å². The molecule has 1 aliphatic rings. The van der Waals surface area contributed by atoms with Crippen LogP contribution in [0, 0.1) is 0 Å². The van der Waals surface area contributed by atoms with Crippen molar-refractivity contribution in [1.82, 2.24) is 14.8 Å². The minimum absolute atomic E-state index is 0.0419. The molecule has 1 aromatic carbocycles. The summed E-state index contributed by atoms with van der Waals surface area (Å²) in [5.74, 6) is -1.72. The first-order valence-electron chi connectivity index (χ1n) is 10.4. The van der Waals surface area contributed by atoms with Gasteiger partial charge in [-0.1, -0.05) is 68.1 Å². The van der Waals surface area contributed by atoms with Crippen LogP contribution in [0.25, 0.3) is 0 Å². The number of hydrogen-bond acceptors (Lipinski definition) is 5. The topological polar surface area (TPSA) is 86.5 Å². The standard InChI is InChI=1S/C15H17Cl2N3O2.C7H12O2/c1-2-3-12-7-21-15(22-12,8-20-10-18-9-19-20)13-5-4-11(16)6-14(13)17;1-2-3-4-5-6-7(8)9/h4-6,9-10,12H,2-3,7-8H2,1H3;4-5H,2-3,6H2,1H3,(H,8,9)/b;5-4+. The Balaban J connectivity index is 0.000000323. The van der Waals surface area contributed by atoms with Gasteiger partial charge in [0.1, 0.15) is 19.2 Å². The summed E-state index contributed by atoms with van der Waals surface area (Å²) in [4.78, 5) is 13.9. The van der Waals surface area contributed by atoms with E-state index >= 15 is 0 Å². The molecule has 31 heavy (non-hydrogen) atoms. The second-order valence-electron chi connectivity index (χ2n) is 7.17. The lowest BCUT2D eigenvalue weighted by atomic mass is 10.1. The third-order valence-electron chi connectivity index (χ3n) is 4.56. The van der Waals surface area contributed by atoms with Crippen molar-refractivity contribution in [3.63, 3.8) is 0 Å². The Hall–Kier alpha value is -1.93. The fraction of sp³-hybridized carbons (Fsp3) is 0.500. The van der Waals surface area contributed by atoms with Crippen LogP contribution in [0.4, 0.5) is 0 Å². The average Bonchev–Trinajstić information content (AvgIpc) is 3.37. The first kappa shape index (κ1) is 25.3. The number of halogens is 2. The van der Waals surface area contributed by atoms with Gasteiger partial charge in [-0.15, -0.1) is 0 Å². The molecule has 1 aromatic heterocycles. The summed E-state index contributed by atoms with van der Waals surface area (Å²) in [6.45, 7) is 5.09. The number of carboxylic acids is 1. The number of ether oxygens (including phenoxy) is 2. The van der Waals surface area contributed by atoms with Crippen LogP contribution in [-0.2, 0) is 26.6 Å². The number of aliphatic carboxylic acids is 1. The molecule has 1 aliphatic heterocycles. The lowest BCUT2D eigenvalue weighted by Crippen LogP contribution is -2.34. The second-order valence-corrected chi connectivity index (χ2v) is 8.01. The van der Waals surface area contributed by atoms with Crippen LogP contribution >= 0.6 is 23.2 Å². The van der Waals surface area contributed by atoms with Gasteiger partial charge in [0.25, 0.3) is 0 Å². The van der Waals surface area contributed by atoms with Gasteiger partial charge >= 0.3 is 5.97 Å². The number of hydrogen-bond donors (Lipinski definition) is 1. The SMILES string of the molecule is CCC/C=C/CC(=O)O.CCCC1COC(Cn2cncn2)(c2ccc(Cl)cc2Cl)O1. The van der Waals surface area contributed by atoms with E-state index in [2.05, 4.69) is 23.9 Å². The van der Waals surface area contributed by atoms with Crippen molar-refractivity contribution < 1.29 is 19.4 Å². The summed E-state index contributed by atoms with van der Waals surface area (Å²) < 4.78 is 14.0. The molecule has 1 fully saturated rings. The molecule has 0 bridgehead atoms. The van der Waals surface area contributed by atoms with Crippen LogP contribution in [0.15, 0.2) is 43.0 Å². The third-order valence-corrected chi connectivity index (χ3v) is 5.11. The summed E-state index contributed by atoms with van der Waals surface area (Å²) in [5, 5.41) is 13.4. The zero-order valence-corrected chi connectivity index (χ0v) is 19.3. The van der Waals surface area contributed by atoms with Gasteiger partial charge in [-0.25, -0.2) is 9.67 Å². The van der Waals surface area contributed by atoms with E-state index in [0.717, 1.165) is 31.2 Å². The number of benzene rings is 1. The van der Waals surface area contributed by atoms with Crippen molar-refractivity contribution in [2.75, 3.05) is 6.61 Å². The zero-order valence-electron chi connectivity index (χ0n) is 17.8. The van der Waals surface area contributed by atoms with Crippen LogP contribution < -0.4 is 0 Å². The number of unbranched alkanes of at least 4 members (excludes halogenated alkanes) is 1. The van der Waals surface area contributed by atoms with Crippen molar-refractivity contribution in [3.8, 4) is 0 Å². The number of carboxylic acid groups (broad SMARTS) is 1. The summed E-state index contributed by atoms with van der Waals surface area (Å²) in [6.07, 6.45) is 10.9. The largest absolute Gasteiger partial charge is 0.481 e. The lowest BCUT2D eigenvalue weighted by molar-refractivity contribution is -0.189. The normalized spacial score (nSPS) is 20.6. The Kier molecular flexibility index (Phi) is 10.5. The second kappa shape index (κ2) is 12.8. The lowest BCUT2D eigenvalue weighted by Gasteiger charge is -2.29. The molecule has 2 atom stereocenters. The highest BCUT2D eigenvalue weighted by Gasteiger charge is 2.45. The van der Waals surface area contributed by atoms with Crippen molar-refractivity contribution >= 4 is 29.2 Å². The molecule has 0 aliphatic carbocycles. The van der Waals surface area contributed by atoms with E-state index in [-0.39, 0.29) is 12.5 Å². The maximum absolute atomic E-state index is 9.91. The van der Waals surface area contributed by atoms with Crippen molar-refractivity contribution in [1.29, 1.82) is 0 Å². The number of nitrogens with zero attached hydrogens (tertiary/aromatic N) is 3. The molecule has 1 N–H and O–H groups in total. The molecule has 9 heteroatoms. The van der Waals surface area contributed by atoms with Crippen LogP contribution in [0.2, 0.25) is 10.0 Å². The molecule has 2 heterocycles. The molecule has 2 aromatic rings. The highest BCUT2D eigenvalue weighted by Crippen LogP contribution is 2.41. The molecule has 170 valence electrons. The molecule has 0 radical (unpaired) electrons. The smallest absolute Gasteiger partial charge is 0.307 e. The molecule has 3 rings (SSSR count). The number of carbonyl (C=O) groups is 1. The Morgan fingerprint density at radius 3 is 2.74 bits per heavy atom. The monoisotopic (exact) mass is 469 g/mol. The van der Waals surface area contributed by atoms with Gasteiger partial charge in [0, 0.05) is 10.6 Å². The van der Waals surface area contributed by atoms with Gasteiger partial charge in [0.15, 0.2) is 0 Å². The predicted molar refractivity (Wildman–Crippen MR) is 120 cm³/mol. The molecule has 0 spiro atoms. The summed E-state index contributed by atoms with van der Waals surface area (Å²) >= 11 is 12.4. The minimum Gasteiger partial charge on any atom is -0.481 e. The van der Waals surface area contributed by atoms with Gasteiger partial charge in [-0.3, -0.25) is 4.79 Å². The summed E-state index contributed by atoms with van der Waals surface area (Å²) in [7, 11) is 0. The quantitative estimate of drug-likeness (QED) is 0.489. The molecule has 2 unspecified atom stereocenters. The molecule has 0 saturated carbocycles. The van der Waals surface area contributed by atoms with Crippen LogP contribution in [0.1, 0.15) is 51.5 Å². The first-order chi connectivity index (χ1) is 14.9. The Morgan fingerprint density at radius 2 is 2.13 bits per heavy atom. The summed E-state index contributed by atoms with van der Waals surface area (Å²) in [5.41, 5.74) is 0.757. The third kappa shape index (κ3) is 7.92. The van der Waals surface area contributed by atoms with E-state index in [4.69, 9.17) is 37.8 Å². The van der Waals surface area contributed by atoms with Gasteiger partial charge in [-0.2, -0.15) is 5.10 Å². The molecule has 1 saturated heterocycles. The first-order valence-corrected chi connectivity index (χ1v) is 11.1. The van der Waals surface area contributed by atoms with Gasteiger partial charge in [-0.05, 0) is 25.0 Å². The Bertz CT molecular complexity index is 845. The maximum atomic E-state index is 9.91. The van der Waals surface area contributed by atoms with Crippen LogP contribution in [0.5, 0.6) is 0 Å². The average molecular weight is 470 g/mol. The van der Waals surface area contributed by atoms with Crippen LogP contribution in [-0.4, -0.2) is 38.6 Å². The van der Waals surface area contributed by atoms with Gasteiger partial charge in [0.05, 0.1) is 24.2 Å². The number of aromatic nitrogens is 3. The maximum Gasteiger partial charge on any atom is 0.307 e.